The topological polar surface area (TPSA) is 63.7 Å². The fraction of sp³-hybridized carbons (Fsp3) is 0.211. The number of para-hydroxylation sites is 1. The van der Waals surface area contributed by atoms with Crippen molar-refractivity contribution in [2.45, 2.75) is 24.7 Å². The van der Waals surface area contributed by atoms with Gasteiger partial charge in [0.15, 0.2) is 4.91 Å². The zero-order chi connectivity index (χ0) is 18.2. The second-order valence-electron chi connectivity index (χ2n) is 6.07. The Morgan fingerprint density at radius 3 is 2.28 bits per heavy atom. The lowest BCUT2D eigenvalue weighted by atomic mass is 10.0. The smallest absolute Gasteiger partial charge is 0.351 e. The van der Waals surface area contributed by atoms with Gasteiger partial charge in [-0.15, -0.1) is 0 Å². The SMILES string of the molecule is COC(=O)C1=CN(c2ccc(C(C)C)cc2)c2ccccc2S1(=O)=O. The molecule has 25 heavy (non-hydrogen) atoms. The van der Waals surface area contributed by atoms with Crippen LogP contribution in [0.3, 0.4) is 0 Å². The minimum atomic E-state index is -3.91. The molecule has 6 heteroatoms. The number of benzene rings is 2. The zero-order valence-electron chi connectivity index (χ0n) is 14.3. The van der Waals surface area contributed by atoms with E-state index in [0.717, 1.165) is 5.69 Å². The van der Waals surface area contributed by atoms with E-state index in [1.165, 1.54) is 24.9 Å². The molecular weight excluding hydrogens is 338 g/mol. The van der Waals surface area contributed by atoms with Crippen LogP contribution in [0.25, 0.3) is 0 Å². The first-order chi connectivity index (χ1) is 11.9. The van der Waals surface area contributed by atoms with Crippen molar-refractivity contribution in [3.8, 4) is 0 Å². The highest BCUT2D eigenvalue weighted by atomic mass is 32.2. The molecule has 3 rings (SSSR count). The van der Waals surface area contributed by atoms with E-state index in [9.17, 15) is 13.2 Å². The third kappa shape index (κ3) is 2.93. The monoisotopic (exact) mass is 357 g/mol. The summed E-state index contributed by atoms with van der Waals surface area (Å²) in [6, 6.07) is 14.4. The molecule has 1 aliphatic heterocycles. The van der Waals surface area contributed by atoms with Crippen molar-refractivity contribution in [2.24, 2.45) is 0 Å². The number of fused-ring (bicyclic) bond motifs is 1. The van der Waals surface area contributed by atoms with Crippen molar-refractivity contribution in [3.63, 3.8) is 0 Å². The molecule has 130 valence electrons. The van der Waals surface area contributed by atoms with Crippen LogP contribution in [-0.4, -0.2) is 21.5 Å². The number of carbonyl (C=O) groups is 1. The lowest BCUT2D eigenvalue weighted by molar-refractivity contribution is -0.135. The Bertz CT molecular complexity index is 944. The molecule has 0 spiro atoms. The van der Waals surface area contributed by atoms with E-state index >= 15 is 0 Å². The summed E-state index contributed by atoms with van der Waals surface area (Å²) in [5, 5.41) is 0. The van der Waals surface area contributed by atoms with Gasteiger partial charge in [-0.3, -0.25) is 0 Å². The van der Waals surface area contributed by atoms with Gasteiger partial charge in [0.05, 0.1) is 17.7 Å². The normalized spacial score (nSPS) is 15.5. The van der Waals surface area contributed by atoms with Crippen molar-refractivity contribution in [3.05, 3.63) is 65.2 Å². The number of sulfone groups is 1. The predicted octanol–water partition coefficient (Wildman–Crippen LogP) is 3.75. The molecule has 0 amide bonds. The summed E-state index contributed by atoms with van der Waals surface area (Å²) in [6.07, 6.45) is 1.33. The summed E-state index contributed by atoms with van der Waals surface area (Å²) in [6.45, 7) is 4.21. The Morgan fingerprint density at radius 1 is 1.04 bits per heavy atom. The van der Waals surface area contributed by atoms with Gasteiger partial charge in [0.2, 0.25) is 9.84 Å². The van der Waals surface area contributed by atoms with Gasteiger partial charge in [-0.1, -0.05) is 38.1 Å². The Hall–Kier alpha value is -2.60. The maximum absolute atomic E-state index is 12.7. The van der Waals surface area contributed by atoms with Crippen LogP contribution in [-0.2, 0) is 19.4 Å². The molecule has 0 unspecified atom stereocenters. The van der Waals surface area contributed by atoms with E-state index in [1.807, 2.05) is 24.3 Å². The molecular formula is C19H19NO4S. The summed E-state index contributed by atoms with van der Waals surface area (Å²) in [7, 11) is -2.74. The number of rotatable bonds is 3. The summed E-state index contributed by atoms with van der Waals surface area (Å²) >= 11 is 0. The lowest BCUT2D eigenvalue weighted by Gasteiger charge is -2.28. The van der Waals surface area contributed by atoms with Crippen LogP contribution < -0.4 is 4.90 Å². The molecule has 0 N–H and O–H groups in total. The molecule has 0 saturated carbocycles. The standard InChI is InChI=1S/C19H19NO4S/c1-13(2)14-8-10-15(11-9-14)20-12-18(19(21)24-3)25(22,23)17-7-5-4-6-16(17)20/h4-13H,1-3H3. The van der Waals surface area contributed by atoms with Crippen LogP contribution in [0.4, 0.5) is 11.4 Å². The maximum Gasteiger partial charge on any atom is 0.351 e. The van der Waals surface area contributed by atoms with Gasteiger partial charge in [0.25, 0.3) is 0 Å². The molecule has 0 aliphatic carbocycles. The molecule has 0 fully saturated rings. The highest BCUT2D eigenvalue weighted by Gasteiger charge is 2.36. The minimum Gasteiger partial charge on any atom is -0.465 e. The molecule has 1 aliphatic rings. The first kappa shape index (κ1) is 17.2. The number of ether oxygens (including phenoxy) is 1. The predicted molar refractivity (Wildman–Crippen MR) is 96.4 cm³/mol. The van der Waals surface area contributed by atoms with E-state index in [-0.39, 0.29) is 9.80 Å². The van der Waals surface area contributed by atoms with E-state index in [1.54, 1.807) is 23.1 Å². The average molecular weight is 357 g/mol. The van der Waals surface area contributed by atoms with Crippen molar-refractivity contribution >= 4 is 27.2 Å². The summed E-state index contributed by atoms with van der Waals surface area (Å²) in [5.41, 5.74) is 2.46. The van der Waals surface area contributed by atoms with Gasteiger partial charge < -0.3 is 9.64 Å². The van der Waals surface area contributed by atoms with Crippen molar-refractivity contribution < 1.29 is 17.9 Å². The number of hydrogen-bond donors (Lipinski definition) is 0. The quantitative estimate of drug-likeness (QED) is 0.783. The fourth-order valence-electron chi connectivity index (χ4n) is 2.75. The molecule has 0 bridgehead atoms. The van der Waals surface area contributed by atoms with E-state index in [4.69, 9.17) is 0 Å². The first-order valence-corrected chi connectivity index (χ1v) is 9.38. The Balaban J connectivity index is 2.19. The summed E-state index contributed by atoms with van der Waals surface area (Å²) < 4.78 is 30.1. The fourth-order valence-corrected chi connectivity index (χ4v) is 4.24. The van der Waals surface area contributed by atoms with E-state index < -0.39 is 15.8 Å². The van der Waals surface area contributed by atoms with Gasteiger partial charge in [0, 0.05) is 11.9 Å². The summed E-state index contributed by atoms with van der Waals surface area (Å²) in [4.78, 5) is 13.4. The van der Waals surface area contributed by atoms with Gasteiger partial charge >= 0.3 is 5.97 Å². The molecule has 1 heterocycles. The van der Waals surface area contributed by atoms with Gasteiger partial charge in [0.1, 0.15) is 0 Å². The number of esters is 1. The van der Waals surface area contributed by atoms with Gasteiger partial charge in [-0.25, -0.2) is 13.2 Å². The number of hydrogen-bond acceptors (Lipinski definition) is 5. The molecule has 5 nitrogen and oxygen atoms in total. The Morgan fingerprint density at radius 2 is 1.68 bits per heavy atom. The van der Waals surface area contributed by atoms with Crippen LogP contribution >= 0.6 is 0 Å². The third-order valence-corrected chi connectivity index (χ3v) is 5.95. The largest absolute Gasteiger partial charge is 0.465 e. The van der Waals surface area contributed by atoms with Crippen molar-refractivity contribution in [1.82, 2.24) is 0 Å². The average Bonchev–Trinajstić information content (AvgIpc) is 2.61. The van der Waals surface area contributed by atoms with E-state index in [0.29, 0.717) is 11.6 Å². The maximum atomic E-state index is 12.7. The number of anilines is 2. The number of nitrogens with zero attached hydrogens (tertiary/aromatic N) is 1. The number of methoxy groups -OCH3 is 1. The van der Waals surface area contributed by atoms with Crippen molar-refractivity contribution in [1.29, 1.82) is 0 Å². The molecule has 0 atom stereocenters. The molecule has 2 aromatic carbocycles. The van der Waals surface area contributed by atoms with Crippen LogP contribution in [0.15, 0.2) is 64.5 Å². The molecule has 0 aromatic heterocycles. The Kier molecular flexibility index (Phi) is 4.39. The highest BCUT2D eigenvalue weighted by molar-refractivity contribution is 7.96. The van der Waals surface area contributed by atoms with Crippen molar-refractivity contribution in [2.75, 3.05) is 12.0 Å². The van der Waals surface area contributed by atoms with Crippen LogP contribution in [0.5, 0.6) is 0 Å². The Labute approximate surface area is 147 Å². The zero-order valence-corrected chi connectivity index (χ0v) is 15.1. The highest BCUT2D eigenvalue weighted by Crippen LogP contribution is 2.39. The second kappa shape index (κ2) is 6.37. The molecule has 0 radical (unpaired) electrons. The van der Waals surface area contributed by atoms with Crippen LogP contribution in [0, 0.1) is 0 Å². The summed E-state index contributed by atoms with van der Waals surface area (Å²) in [5.74, 6) is -0.484. The van der Waals surface area contributed by atoms with Crippen LogP contribution in [0.2, 0.25) is 0 Å². The number of carbonyl (C=O) groups excluding carboxylic acids is 1. The van der Waals surface area contributed by atoms with E-state index in [2.05, 4.69) is 18.6 Å². The lowest BCUT2D eigenvalue weighted by Crippen LogP contribution is -2.26. The van der Waals surface area contributed by atoms with Gasteiger partial charge in [-0.2, -0.15) is 0 Å². The molecule has 2 aromatic rings. The minimum absolute atomic E-state index is 0.0887. The third-order valence-electron chi connectivity index (χ3n) is 4.17. The van der Waals surface area contributed by atoms with Gasteiger partial charge in [-0.05, 0) is 35.7 Å². The first-order valence-electron chi connectivity index (χ1n) is 7.89. The molecule has 0 saturated heterocycles. The van der Waals surface area contributed by atoms with Crippen LogP contribution in [0.1, 0.15) is 25.3 Å². The second-order valence-corrected chi connectivity index (χ2v) is 7.96.